The molecule has 0 radical (unpaired) electrons. The quantitative estimate of drug-likeness (QED) is 0.749. The summed E-state index contributed by atoms with van der Waals surface area (Å²) in [4.78, 5) is 24.8. The summed E-state index contributed by atoms with van der Waals surface area (Å²) in [7, 11) is 0. The lowest BCUT2D eigenvalue weighted by Crippen LogP contribution is -2.48. The fourth-order valence-electron chi connectivity index (χ4n) is 4.03. The molecular formula is C22H32N4O4. The van der Waals surface area contributed by atoms with Gasteiger partial charge in [0.05, 0.1) is 25.0 Å². The lowest BCUT2D eigenvalue weighted by Gasteiger charge is -2.37. The maximum atomic E-state index is 12.6. The maximum absolute atomic E-state index is 12.6. The van der Waals surface area contributed by atoms with Gasteiger partial charge < -0.3 is 19.3 Å². The molecule has 0 spiro atoms. The second kappa shape index (κ2) is 9.68. The van der Waals surface area contributed by atoms with Crippen LogP contribution < -0.4 is 15.1 Å². The Bertz CT molecular complexity index is 755. The van der Waals surface area contributed by atoms with Gasteiger partial charge in [0.1, 0.15) is 17.6 Å². The molecule has 1 N–H and O–H groups in total. The number of morpholine rings is 1. The van der Waals surface area contributed by atoms with E-state index < -0.39 is 0 Å². The Morgan fingerprint density at radius 2 is 1.87 bits per heavy atom. The molecule has 8 heteroatoms. The lowest BCUT2D eigenvalue weighted by atomic mass is 10.2. The fourth-order valence-corrected chi connectivity index (χ4v) is 4.03. The van der Waals surface area contributed by atoms with Crippen LogP contribution in [0.15, 0.2) is 36.0 Å². The first kappa shape index (κ1) is 21.0. The Kier molecular flexibility index (Phi) is 6.76. The van der Waals surface area contributed by atoms with Crippen molar-refractivity contribution in [3.8, 4) is 5.75 Å². The number of anilines is 1. The maximum Gasteiger partial charge on any atom is 0.272 e. The number of hydrogen-bond donors (Lipinski definition) is 1. The standard InChI is InChI=1S/C22H32N4O4/c1-17(2)29-21-6-4-3-5-20(21)25-9-7-24(8-10-25)16-18-15-19(23-30-18)22(27)26-11-13-28-14-12-26/h3-6,15,17-18,23H,7-14,16H2,1-2H3. The Morgan fingerprint density at radius 1 is 1.13 bits per heavy atom. The zero-order chi connectivity index (χ0) is 20.9. The summed E-state index contributed by atoms with van der Waals surface area (Å²) < 4.78 is 11.3. The number of nitrogens with one attached hydrogen (secondary N) is 1. The predicted octanol–water partition coefficient (Wildman–Crippen LogP) is 1.24. The summed E-state index contributed by atoms with van der Waals surface area (Å²) >= 11 is 0. The van der Waals surface area contributed by atoms with Crippen molar-refractivity contribution in [1.82, 2.24) is 15.3 Å². The van der Waals surface area contributed by atoms with E-state index >= 15 is 0 Å². The van der Waals surface area contributed by atoms with E-state index in [9.17, 15) is 4.79 Å². The third-order valence-corrected chi connectivity index (χ3v) is 5.58. The first-order valence-corrected chi connectivity index (χ1v) is 10.8. The van der Waals surface area contributed by atoms with Crippen LogP contribution >= 0.6 is 0 Å². The number of nitrogens with zero attached hydrogens (tertiary/aromatic N) is 3. The van der Waals surface area contributed by atoms with Crippen molar-refractivity contribution in [2.45, 2.75) is 26.1 Å². The number of benzene rings is 1. The Hall–Kier alpha value is -2.29. The van der Waals surface area contributed by atoms with Crippen molar-refractivity contribution in [1.29, 1.82) is 0 Å². The van der Waals surface area contributed by atoms with Crippen LogP contribution in [0.1, 0.15) is 13.8 Å². The zero-order valence-corrected chi connectivity index (χ0v) is 17.9. The summed E-state index contributed by atoms with van der Waals surface area (Å²) in [5.74, 6) is 0.936. The molecule has 0 bridgehead atoms. The van der Waals surface area contributed by atoms with Gasteiger partial charge in [-0.25, -0.2) is 0 Å². The number of piperazine rings is 1. The molecule has 3 heterocycles. The molecule has 164 valence electrons. The van der Waals surface area contributed by atoms with Crippen molar-refractivity contribution >= 4 is 11.6 Å². The molecule has 1 aromatic carbocycles. The summed E-state index contributed by atoms with van der Waals surface area (Å²) in [6.07, 6.45) is 1.95. The molecule has 0 aromatic heterocycles. The van der Waals surface area contributed by atoms with Gasteiger partial charge in [-0.05, 0) is 32.1 Å². The number of ether oxygens (including phenoxy) is 2. The van der Waals surface area contributed by atoms with Gasteiger partial charge in [-0.2, -0.15) is 0 Å². The molecule has 1 unspecified atom stereocenters. The highest BCUT2D eigenvalue weighted by Gasteiger charge is 2.29. The van der Waals surface area contributed by atoms with Crippen molar-refractivity contribution in [3.05, 3.63) is 36.0 Å². The van der Waals surface area contributed by atoms with Crippen LogP contribution in [0.2, 0.25) is 0 Å². The summed E-state index contributed by atoms with van der Waals surface area (Å²) in [5, 5.41) is 0. The third-order valence-electron chi connectivity index (χ3n) is 5.58. The number of carbonyl (C=O) groups excluding carboxylic acids is 1. The second-order valence-electron chi connectivity index (χ2n) is 8.17. The molecule has 2 saturated heterocycles. The molecular weight excluding hydrogens is 384 g/mol. The van der Waals surface area contributed by atoms with Crippen LogP contribution in [0.25, 0.3) is 0 Å². The molecule has 30 heavy (non-hydrogen) atoms. The van der Waals surface area contributed by atoms with Crippen LogP contribution in [-0.2, 0) is 14.4 Å². The molecule has 3 aliphatic heterocycles. The number of rotatable bonds is 6. The zero-order valence-electron chi connectivity index (χ0n) is 17.9. The van der Waals surface area contributed by atoms with Crippen molar-refractivity contribution in [2.24, 2.45) is 0 Å². The summed E-state index contributed by atoms with van der Waals surface area (Å²) in [6, 6.07) is 8.25. The highest BCUT2D eigenvalue weighted by Crippen LogP contribution is 2.29. The number of hydrogen-bond acceptors (Lipinski definition) is 7. The largest absolute Gasteiger partial charge is 0.489 e. The van der Waals surface area contributed by atoms with E-state index in [1.54, 1.807) is 0 Å². The minimum Gasteiger partial charge on any atom is -0.489 e. The SMILES string of the molecule is CC(C)Oc1ccccc1N1CCN(CC2C=C(C(=O)N3CCOCC3)NO2)CC1. The molecule has 2 fully saturated rings. The lowest BCUT2D eigenvalue weighted by molar-refractivity contribution is -0.132. The Morgan fingerprint density at radius 3 is 2.60 bits per heavy atom. The van der Waals surface area contributed by atoms with Crippen molar-refractivity contribution in [3.63, 3.8) is 0 Å². The van der Waals surface area contributed by atoms with Crippen molar-refractivity contribution < 1.29 is 19.1 Å². The van der Waals surface area contributed by atoms with Gasteiger partial charge in [-0.3, -0.25) is 20.0 Å². The van der Waals surface area contributed by atoms with Gasteiger partial charge in [0.15, 0.2) is 0 Å². The first-order chi connectivity index (χ1) is 14.6. The van der Waals surface area contributed by atoms with Crippen molar-refractivity contribution in [2.75, 3.05) is 63.9 Å². The third kappa shape index (κ3) is 5.06. The van der Waals surface area contributed by atoms with Gasteiger partial charge in [-0.1, -0.05) is 12.1 Å². The van der Waals surface area contributed by atoms with Crippen LogP contribution in [0.5, 0.6) is 5.75 Å². The Balaban J connectivity index is 1.28. The van der Waals surface area contributed by atoms with Crippen LogP contribution in [-0.4, -0.2) is 86.9 Å². The minimum atomic E-state index is -0.117. The molecule has 0 aliphatic carbocycles. The molecule has 4 rings (SSSR count). The average molecular weight is 417 g/mol. The molecule has 0 saturated carbocycles. The fraction of sp³-hybridized carbons (Fsp3) is 0.591. The highest BCUT2D eigenvalue weighted by molar-refractivity contribution is 5.93. The van der Waals surface area contributed by atoms with E-state index in [0.29, 0.717) is 32.0 Å². The molecule has 1 atom stereocenters. The second-order valence-corrected chi connectivity index (χ2v) is 8.17. The topological polar surface area (TPSA) is 66.5 Å². The molecule has 8 nitrogen and oxygen atoms in total. The van der Waals surface area contributed by atoms with Gasteiger partial charge in [0.2, 0.25) is 0 Å². The van der Waals surface area contributed by atoms with Crippen LogP contribution in [0, 0.1) is 0 Å². The summed E-state index contributed by atoms with van der Waals surface area (Å²) in [5.41, 5.74) is 4.53. The van der Waals surface area contributed by atoms with Crippen LogP contribution in [0.3, 0.4) is 0 Å². The van der Waals surface area contributed by atoms with Gasteiger partial charge >= 0.3 is 0 Å². The average Bonchev–Trinajstić information content (AvgIpc) is 3.23. The molecule has 3 aliphatic rings. The number of para-hydroxylation sites is 2. The summed E-state index contributed by atoms with van der Waals surface area (Å²) in [6.45, 7) is 11.1. The monoisotopic (exact) mass is 416 g/mol. The normalized spacial score (nSPS) is 22.8. The van der Waals surface area contributed by atoms with E-state index in [2.05, 4.69) is 41.3 Å². The highest BCUT2D eigenvalue weighted by atomic mass is 16.7. The smallest absolute Gasteiger partial charge is 0.272 e. The Labute approximate surface area is 178 Å². The van der Waals surface area contributed by atoms with Crippen LogP contribution in [0.4, 0.5) is 5.69 Å². The number of amides is 1. The first-order valence-electron chi connectivity index (χ1n) is 10.8. The minimum absolute atomic E-state index is 0.00706. The van der Waals surface area contributed by atoms with E-state index in [0.717, 1.165) is 44.2 Å². The molecule has 1 amide bonds. The van der Waals surface area contributed by atoms with Gasteiger partial charge in [0, 0.05) is 45.8 Å². The van der Waals surface area contributed by atoms with E-state index in [1.165, 1.54) is 0 Å². The van der Waals surface area contributed by atoms with Gasteiger partial charge in [0.25, 0.3) is 5.91 Å². The van der Waals surface area contributed by atoms with Gasteiger partial charge in [-0.15, -0.1) is 0 Å². The molecule has 1 aromatic rings. The van der Waals surface area contributed by atoms with E-state index in [4.69, 9.17) is 14.3 Å². The van der Waals surface area contributed by atoms with E-state index in [1.807, 2.05) is 23.1 Å². The predicted molar refractivity (Wildman–Crippen MR) is 114 cm³/mol. The number of hydroxylamine groups is 1. The van der Waals surface area contributed by atoms with E-state index in [-0.39, 0.29) is 18.1 Å². The number of carbonyl (C=O) groups is 1.